The molecule has 6 N–H and O–H groups in total. The molecule has 0 spiro atoms. The molecule has 0 aliphatic heterocycles. The maximum absolute atomic E-state index is 8.92. The number of hydrogen-bond donors (Lipinski definition) is 6. The first-order valence-electron chi connectivity index (χ1n) is 4.55. The van der Waals surface area contributed by atoms with E-state index in [0.29, 0.717) is 6.42 Å². The van der Waals surface area contributed by atoms with Crippen molar-refractivity contribution in [3.8, 4) is 0 Å². The van der Waals surface area contributed by atoms with Crippen LogP contribution in [-0.4, -0.2) is 57.5 Å². The first kappa shape index (κ1) is 20.0. The molecule has 10 nitrogen and oxygen atoms in total. The number of aliphatic hydroxyl groups is 2. The van der Waals surface area contributed by atoms with Crippen LogP contribution in [0.15, 0.2) is 0 Å². The Labute approximate surface area is 104 Å². The molecule has 0 aromatic heterocycles. The van der Waals surface area contributed by atoms with E-state index in [1.54, 1.807) is 0 Å². The van der Waals surface area contributed by atoms with E-state index in [0.717, 1.165) is 19.3 Å². The van der Waals surface area contributed by atoms with E-state index in [1.807, 2.05) is 0 Å². The lowest BCUT2D eigenvalue weighted by Gasteiger charge is -2.20. The number of hydrogen-bond acceptors (Lipinski definition) is 6. The molecule has 2 atom stereocenters. The molecule has 0 aromatic carbocycles. The van der Waals surface area contributed by atoms with E-state index in [4.69, 9.17) is 45.3 Å². The highest BCUT2D eigenvalue weighted by atomic mass is 32.3. The van der Waals surface area contributed by atoms with Crippen molar-refractivity contribution in [3.63, 3.8) is 0 Å². The van der Waals surface area contributed by atoms with Crippen LogP contribution >= 0.6 is 0 Å². The van der Waals surface area contributed by atoms with Gasteiger partial charge in [-0.25, -0.2) is 0 Å². The van der Waals surface area contributed by atoms with Gasteiger partial charge < -0.3 is 10.2 Å². The lowest BCUT2D eigenvalue weighted by Crippen LogP contribution is -2.22. The molecule has 1 rings (SSSR count). The predicted octanol–water partition coefficient (Wildman–Crippen LogP) is -1.02. The molecule has 0 saturated heterocycles. The summed E-state index contributed by atoms with van der Waals surface area (Å²) in [6.45, 7) is 0. The van der Waals surface area contributed by atoms with Crippen molar-refractivity contribution in [2.24, 2.45) is 0 Å². The number of rotatable bonds is 0. The van der Waals surface area contributed by atoms with Crippen LogP contribution < -0.4 is 0 Å². The monoisotopic (exact) mass is 312 g/mol. The van der Waals surface area contributed by atoms with E-state index in [2.05, 4.69) is 0 Å². The fourth-order valence-electron chi connectivity index (χ4n) is 1.14. The van der Waals surface area contributed by atoms with Gasteiger partial charge in [0.15, 0.2) is 0 Å². The quantitative estimate of drug-likeness (QED) is 0.302. The summed E-state index contributed by atoms with van der Waals surface area (Å²) in [6, 6.07) is 0. The van der Waals surface area contributed by atoms with E-state index >= 15 is 0 Å². The Morgan fingerprint density at radius 1 is 0.722 bits per heavy atom. The second kappa shape index (κ2) is 8.71. The predicted molar refractivity (Wildman–Crippen MR) is 58.8 cm³/mol. The zero-order chi connectivity index (χ0) is 15.0. The van der Waals surface area contributed by atoms with Gasteiger partial charge in [-0.2, -0.15) is 16.8 Å². The Balaban J connectivity index is 0. The fourth-order valence-corrected chi connectivity index (χ4v) is 1.14. The average molecular weight is 312 g/mol. The van der Waals surface area contributed by atoms with Crippen LogP contribution in [0.4, 0.5) is 0 Å². The minimum absolute atomic E-state index is 0.237. The molecular formula is C6H16O10S2. The molecule has 1 fully saturated rings. The summed E-state index contributed by atoms with van der Waals surface area (Å²) in [4.78, 5) is 0. The summed E-state index contributed by atoms with van der Waals surface area (Å²) in [6.07, 6.45) is 2.83. The molecule has 2 unspecified atom stereocenters. The van der Waals surface area contributed by atoms with Gasteiger partial charge in [0.2, 0.25) is 0 Å². The Kier molecular flexibility index (Phi) is 9.67. The van der Waals surface area contributed by atoms with Crippen molar-refractivity contribution in [3.05, 3.63) is 0 Å². The Morgan fingerprint density at radius 2 is 0.944 bits per heavy atom. The van der Waals surface area contributed by atoms with Crippen molar-refractivity contribution in [2.45, 2.75) is 37.9 Å². The zero-order valence-electron chi connectivity index (χ0n) is 9.12. The molecule has 0 heterocycles. The third kappa shape index (κ3) is 36.1. The summed E-state index contributed by atoms with van der Waals surface area (Å²) in [5, 5.41) is 17.8. The van der Waals surface area contributed by atoms with Crippen molar-refractivity contribution in [1.29, 1.82) is 0 Å². The first-order chi connectivity index (χ1) is 7.79. The van der Waals surface area contributed by atoms with E-state index in [9.17, 15) is 0 Å². The Morgan fingerprint density at radius 3 is 1.06 bits per heavy atom. The second-order valence-electron chi connectivity index (χ2n) is 3.37. The van der Waals surface area contributed by atoms with Gasteiger partial charge in [0.05, 0.1) is 12.2 Å². The highest BCUT2D eigenvalue weighted by Crippen LogP contribution is 2.17. The van der Waals surface area contributed by atoms with Gasteiger partial charge in [-0.15, -0.1) is 0 Å². The third-order valence-electron chi connectivity index (χ3n) is 1.62. The summed E-state index contributed by atoms with van der Waals surface area (Å²) in [5.41, 5.74) is 0. The Bertz CT molecular complexity index is 344. The molecule has 0 bridgehead atoms. The maximum Gasteiger partial charge on any atom is 0.394 e. The third-order valence-corrected chi connectivity index (χ3v) is 1.62. The summed E-state index contributed by atoms with van der Waals surface area (Å²) in [7, 11) is -9.33. The van der Waals surface area contributed by atoms with Gasteiger partial charge in [-0.1, -0.05) is 0 Å². The van der Waals surface area contributed by atoms with Crippen LogP contribution in [0.3, 0.4) is 0 Å². The smallest absolute Gasteiger partial charge is 0.393 e. The van der Waals surface area contributed by atoms with Gasteiger partial charge in [0, 0.05) is 0 Å². The van der Waals surface area contributed by atoms with Gasteiger partial charge >= 0.3 is 20.8 Å². The molecule has 12 heteroatoms. The lowest BCUT2D eigenvalue weighted by atomic mass is 9.95. The summed E-state index contributed by atoms with van der Waals surface area (Å²) >= 11 is 0. The normalized spacial score (nSPS) is 24.1. The van der Waals surface area contributed by atoms with Crippen LogP contribution in [0.1, 0.15) is 25.7 Å². The largest absolute Gasteiger partial charge is 0.394 e. The van der Waals surface area contributed by atoms with Gasteiger partial charge in [0.1, 0.15) is 0 Å². The molecule has 1 saturated carbocycles. The molecule has 1 aliphatic carbocycles. The van der Waals surface area contributed by atoms with Crippen molar-refractivity contribution in [2.75, 3.05) is 0 Å². The maximum atomic E-state index is 8.92. The zero-order valence-corrected chi connectivity index (χ0v) is 10.7. The fraction of sp³-hybridized carbons (Fsp3) is 1.00. The average Bonchev–Trinajstić information content (AvgIpc) is 1.95. The van der Waals surface area contributed by atoms with Crippen LogP contribution in [0, 0.1) is 0 Å². The van der Waals surface area contributed by atoms with Crippen LogP contribution in [0.5, 0.6) is 0 Å². The van der Waals surface area contributed by atoms with Crippen molar-refractivity contribution in [1.82, 2.24) is 0 Å². The van der Waals surface area contributed by atoms with Crippen LogP contribution in [-0.2, 0) is 20.8 Å². The molecular weight excluding hydrogens is 296 g/mol. The van der Waals surface area contributed by atoms with Gasteiger partial charge in [-0.3, -0.25) is 18.2 Å². The highest BCUT2D eigenvalue weighted by Gasteiger charge is 2.16. The van der Waals surface area contributed by atoms with Gasteiger partial charge in [-0.05, 0) is 25.7 Å². The van der Waals surface area contributed by atoms with Crippen molar-refractivity contribution >= 4 is 20.8 Å². The molecule has 18 heavy (non-hydrogen) atoms. The minimum Gasteiger partial charge on any atom is -0.393 e. The van der Waals surface area contributed by atoms with Crippen LogP contribution in [0.25, 0.3) is 0 Å². The second-order valence-corrected chi connectivity index (χ2v) is 5.16. The van der Waals surface area contributed by atoms with E-state index in [1.165, 1.54) is 0 Å². The van der Waals surface area contributed by atoms with E-state index < -0.39 is 20.8 Å². The van der Waals surface area contributed by atoms with Crippen LogP contribution in [0.2, 0.25) is 0 Å². The standard InChI is InChI=1S/C6H12O2.2H2O4S/c7-5-2-1-3-6(8)4-5;2*1-5(2,3)4/h5-8H,1-4H2;2*(H2,1,2,3,4). The van der Waals surface area contributed by atoms with Gasteiger partial charge in [0.25, 0.3) is 0 Å². The van der Waals surface area contributed by atoms with Crippen molar-refractivity contribution < 1.29 is 45.3 Å². The topological polar surface area (TPSA) is 190 Å². The molecule has 0 amide bonds. The molecule has 0 aromatic rings. The summed E-state index contributed by atoms with van der Waals surface area (Å²) in [5.74, 6) is 0. The lowest BCUT2D eigenvalue weighted by molar-refractivity contribution is 0.0406. The Hall–Kier alpha value is -0.340. The summed E-state index contributed by atoms with van der Waals surface area (Å²) < 4.78 is 63.2. The molecule has 0 radical (unpaired) electrons. The molecule has 112 valence electrons. The highest BCUT2D eigenvalue weighted by molar-refractivity contribution is 7.80. The number of aliphatic hydroxyl groups excluding tert-OH is 2. The first-order valence-corrected chi connectivity index (χ1v) is 7.34. The SMILES string of the molecule is O=S(=O)(O)O.O=S(=O)(O)O.OC1CCCC(O)C1. The minimum atomic E-state index is -4.67. The van der Waals surface area contributed by atoms with E-state index in [-0.39, 0.29) is 12.2 Å². The molecule has 1 aliphatic rings.